The number of halogens is 1. The van der Waals surface area contributed by atoms with Crippen molar-refractivity contribution in [3.63, 3.8) is 0 Å². The van der Waals surface area contributed by atoms with Crippen molar-refractivity contribution in [2.45, 2.75) is 6.04 Å². The fraction of sp³-hybridized carbons (Fsp3) is 0.0833. The van der Waals surface area contributed by atoms with E-state index in [4.69, 9.17) is 4.74 Å². The predicted octanol–water partition coefficient (Wildman–Crippen LogP) is 4.82. The van der Waals surface area contributed by atoms with Gasteiger partial charge in [-0.05, 0) is 48.0 Å². The minimum absolute atomic E-state index is 0.385. The summed E-state index contributed by atoms with van der Waals surface area (Å²) >= 11 is 0. The molecule has 3 aromatic heterocycles. The van der Waals surface area contributed by atoms with Crippen LogP contribution in [0.2, 0.25) is 0 Å². The molecule has 31 heavy (non-hydrogen) atoms. The summed E-state index contributed by atoms with van der Waals surface area (Å²) in [7, 11) is 1.55. The fourth-order valence-electron chi connectivity index (χ4n) is 3.39. The number of nitriles is 1. The number of pyridine rings is 3. The number of hydrogen-bond donors (Lipinski definition) is 0. The Morgan fingerprint density at radius 2 is 1.71 bits per heavy atom. The molecule has 1 unspecified atom stereocenters. The van der Waals surface area contributed by atoms with Crippen LogP contribution in [0.5, 0.6) is 5.88 Å². The molecule has 0 saturated carbocycles. The van der Waals surface area contributed by atoms with Gasteiger partial charge in [-0.3, -0.25) is 4.98 Å². The molecule has 0 N–H and O–H groups in total. The van der Waals surface area contributed by atoms with Gasteiger partial charge in [-0.25, -0.2) is 9.97 Å². The van der Waals surface area contributed by atoms with Gasteiger partial charge >= 0.3 is 0 Å². The first-order valence-electron chi connectivity index (χ1n) is 9.51. The van der Waals surface area contributed by atoms with E-state index < -0.39 is 12.0 Å². The summed E-state index contributed by atoms with van der Waals surface area (Å²) in [4.78, 5) is 14.4. The number of benzene rings is 1. The molecule has 4 rings (SSSR count). The molecule has 0 fully saturated rings. The van der Waals surface area contributed by atoms with E-state index in [0.717, 1.165) is 11.3 Å². The minimum Gasteiger partial charge on any atom is -0.481 e. The number of anilines is 2. The first-order chi connectivity index (χ1) is 15.2. The third-order valence-corrected chi connectivity index (χ3v) is 4.82. The van der Waals surface area contributed by atoms with Crippen molar-refractivity contribution < 1.29 is 9.13 Å². The highest BCUT2D eigenvalue weighted by atomic mass is 19.1. The molecule has 0 radical (unpaired) electrons. The van der Waals surface area contributed by atoms with Gasteiger partial charge in [0.05, 0.1) is 36.7 Å². The zero-order valence-electron chi connectivity index (χ0n) is 16.7. The van der Waals surface area contributed by atoms with Gasteiger partial charge in [0.1, 0.15) is 0 Å². The molecule has 7 heteroatoms. The largest absolute Gasteiger partial charge is 0.481 e. The van der Waals surface area contributed by atoms with E-state index in [-0.39, 0.29) is 0 Å². The highest BCUT2D eigenvalue weighted by Crippen LogP contribution is 2.39. The molecule has 0 spiro atoms. The summed E-state index contributed by atoms with van der Waals surface area (Å²) < 4.78 is 20.1. The second-order valence-electron chi connectivity index (χ2n) is 6.66. The van der Waals surface area contributed by atoms with Crippen LogP contribution in [0.1, 0.15) is 22.7 Å². The molecule has 1 atom stereocenters. The summed E-state index contributed by atoms with van der Waals surface area (Å²) in [5.74, 6) is -0.106. The first kappa shape index (κ1) is 20.0. The zero-order valence-corrected chi connectivity index (χ0v) is 16.7. The summed E-state index contributed by atoms with van der Waals surface area (Å²) in [6, 6.07) is 19.3. The maximum absolute atomic E-state index is 14.9. The standard InChI is InChI=1S/C24H18FN5O/c1-31-22-11-10-20(16-29-22)30(19-8-6-17(14-26)7-9-19)23(18-4-2-12-27-15-18)21-5-3-13-28-24(21)25/h2-13,15-16,23H,1H3. The average molecular weight is 411 g/mol. The predicted molar refractivity (Wildman–Crippen MR) is 114 cm³/mol. The number of nitrogens with zero attached hydrogens (tertiary/aromatic N) is 5. The van der Waals surface area contributed by atoms with Gasteiger partial charge in [-0.2, -0.15) is 9.65 Å². The van der Waals surface area contributed by atoms with Crippen LogP contribution in [0.4, 0.5) is 15.8 Å². The number of hydrogen-bond acceptors (Lipinski definition) is 6. The number of ether oxygens (including phenoxy) is 1. The SMILES string of the molecule is COc1ccc(N(c2ccc(C#N)cc2)C(c2cccnc2)c2cccnc2F)cn1. The zero-order chi connectivity index (χ0) is 21.6. The number of aromatic nitrogens is 3. The third kappa shape index (κ3) is 4.19. The molecule has 1 aromatic carbocycles. The van der Waals surface area contributed by atoms with Crippen LogP contribution in [0.3, 0.4) is 0 Å². The van der Waals surface area contributed by atoms with E-state index in [0.29, 0.717) is 22.7 Å². The van der Waals surface area contributed by atoms with Gasteiger partial charge in [0, 0.05) is 35.9 Å². The van der Waals surface area contributed by atoms with Crippen molar-refractivity contribution in [3.05, 3.63) is 108 Å². The van der Waals surface area contributed by atoms with Crippen LogP contribution in [-0.2, 0) is 0 Å². The molecule has 0 aliphatic rings. The van der Waals surface area contributed by atoms with Gasteiger partial charge in [0.25, 0.3) is 0 Å². The molecule has 0 aliphatic heterocycles. The van der Waals surface area contributed by atoms with Crippen LogP contribution < -0.4 is 9.64 Å². The smallest absolute Gasteiger partial charge is 0.218 e. The Labute approximate surface area is 179 Å². The maximum atomic E-state index is 14.9. The van der Waals surface area contributed by atoms with Crippen LogP contribution in [0, 0.1) is 17.3 Å². The van der Waals surface area contributed by atoms with Crippen LogP contribution in [0.25, 0.3) is 0 Å². The quantitative estimate of drug-likeness (QED) is 0.424. The Bertz CT molecular complexity index is 1190. The monoisotopic (exact) mass is 411 g/mol. The third-order valence-electron chi connectivity index (χ3n) is 4.82. The van der Waals surface area contributed by atoms with Gasteiger partial charge < -0.3 is 9.64 Å². The lowest BCUT2D eigenvalue weighted by molar-refractivity contribution is 0.398. The fourth-order valence-corrected chi connectivity index (χ4v) is 3.39. The van der Waals surface area contributed by atoms with Gasteiger partial charge in [-0.15, -0.1) is 0 Å². The van der Waals surface area contributed by atoms with Gasteiger partial charge in [0.2, 0.25) is 11.8 Å². The Hall–Kier alpha value is -4.31. The van der Waals surface area contributed by atoms with E-state index >= 15 is 0 Å². The molecule has 0 saturated heterocycles. The molecule has 0 amide bonds. The second-order valence-corrected chi connectivity index (χ2v) is 6.66. The lowest BCUT2D eigenvalue weighted by Crippen LogP contribution is -2.26. The summed E-state index contributed by atoms with van der Waals surface area (Å²) in [6.45, 7) is 0. The second kappa shape index (κ2) is 9.01. The van der Waals surface area contributed by atoms with Crippen molar-refractivity contribution >= 4 is 11.4 Å². The van der Waals surface area contributed by atoms with Crippen molar-refractivity contribution in [1.29, 1.82) is 5.26 Å². The Morgan fingerprint density at radius 1 is 0.935 bits per heavy atom. The van der Waals surface area contributed by atoms with Crippen LogP contribution in [-0.4, -0.2) is 22.1 Å². The highest BCUT2D eigenvalue weighted by Gasteiger charge is 2.28. The number of methoxy groups -OCH3 is 1. The molecular weight excluding hydrogens is 393 g/mol. The molecule has 0 bridgehead atoms. The van der Waals surface area contributed by atoms with Crippen molar-refractivity contribution in [2.24, 2.45) is 0 Å². The first-order valence-corrected chi connectivity index (χ1v) is 9.51. The van der Waals surface area contributed by atoms with E-state index in [9.17, 15) is 9.65 Å². The maximum Gasteiger partial charge on any atom is 0.218 e. The van der Waals surface area contributed by atoms with Crippen LogP contribution in [0.15, 0.2) is 85.5 Å². The minimum atomic E-state index is -0.578. The Balaban J connectivity index is 1.95. The molecule has 0 aliphatic carbocycles. The van der Waals surface area contributed by atoms with E-state index in [1.165, 1.54) is 6.20 Å². The molecule has 4 aromatic rings. The molecule has 3 heterocycles. The van der Waals surface area contributed by atoms with Gasteiger partial charge in [0.15, 0.2) is 0 Å². The molecule has 6 nitrogen and oxygen atoms in total. The average Bonchev–Trinajstić information content (AvgIpc) is 2.84. The lowest BCUT2D eigenvalue weighted by atomic mass is 9.98. The lowest BCUT2D eigenvalue weighted by Gasteiger charge is -2.34. The van der Waals surface area contributed by atoms with E-state index in [1.54, 1.807) is 62.1 Å². The summed E-state index contributed by atoms with van der Waals surface area (Å²) in [5, 5.41) is 9.19. The topological polar surface area (TPSA) is 74.9 Å². The van der Waals surface area contributed by atoms with E-state index in [1.807, 2.05) is 29.2 Å². The van der Waals surface area contributed by atoms with Crippen LogP contribution >= 0.6 is 0 Å². The number of rotatable bonds is 6. The van der Waals surface area contributed by atoms with Crippen molar-refractivity contribution in [2.75, 3.05) is 12.0 Å². The van der Waals surface area contributed by atoms with Crippen molar-refractivity contribution in [1.82, 2.24) is 15.0 Å². The van der Waals surface area contributed by atoms with Crippen molar-refractivity contribution in [3.8, 4) is 11.9 Å². The Kier molecular flexibility index (Phi) is 5.81. The molecular formula is C24H18FN5O. The summed E-state index contributed by atoms with van der Waals surface area (Å²) in [5.41, 5.74) is 3.15. The normalized spacial score (nSPS) is 11.4. The molecule has 152 valence electrons. The van der Waals surface area contributed by atoms with E-state index in [2.05, 4.69) is 21.0 Å². The van der Waals surface area contributed by atoms with Gasteiger partial charge in [-0.1, -0.05) is 12.1 Å². The highest BCUT2D eigenvalue weighted by molar-refractivity contribution is 5.67. The Morgan fingerprint density at radius 3 is 2.32 bits per heavy atom. The summed E-state index contributed by atoms with van der Waals surface area (Å²) in [6.07, 6.45) is 6.45.